The lowest BCUT2D eigenvalue weighted by Crippen LogP contribution is -2.16. The second-order valence-corrected chi connectivity index (χ2v) is 2.54. The molecule has 0 saturated carbocycles. The van der Waals surface area contributed by atoms with E-state index in [1.54, 1.807) is 0 Å². The van der Waals surface area contributed by atoms with Crippen LogP contribution in [0.2, 0.25) is 0 Å². The standard InChI is InChI=1S/C7H16N2O/c1-7(2-4-8)3-5-9-6-10/h6-7H,2-5,8H2,1H3,(H,9,10). The summed E-state index contributed by atoms with van der Waals surface area (Å²) in [5, 5.41) is 2.62. The van der Waals surface area contributed by atoms with Crippen molar-refractivity contribution in [3.8, 4) is 0 Å². The monoisotopic (exact) mass is 144 g/mol. The average molecular weight is 144 g/mol. The van der Waals surface area contributed by atoms with Crippen LogP contribution in [0.15, 0.2) is 0 Å². The van der Waals surface area contributed by atoms with Crippen molar-refractivity contribution in [1.29, 1.82) is 0 Å². The van der Waals surface area contributed by atoms with Crippen LogP contribution in [-0.4, -0.2) is 19.5 Å². The summed E-state index contributed by atoms with van der Waals surface area (Å²) in [6, 6.07) is 0. The summed E-state index contributed by atoms with van der Waals surface area (Å²) >= 11 is 0. The molecule has 0 aliphatic heterocycles. The van der Waals surface area contributed by atoms with Crippen molar-refractivity contribution in [2.75, 3.05) is 13.1 Å². The smallest absolute Gasteiger partial charge is 0.207 e. The molecule has 0 heterocycles. The molecule has 1 unspecified atom stereocenters. The fourth-order valence-corrected chi connectivity index (χ4v) is 0.818. The van der Waals surface area contributed by atoms with E-state index in [0.29, 0.717) is 5.92 Å². The molecule has 1 atom stereocenters. The molecule has 0 aromatic carbocycles. The van der Waals surface area contributed by atoms with Gasteiger partial charge in [-0.15, -0.1) is 0 Å². The molecule has 1 amide bonds. The number of rotatable bonds is 6. The molecule has 0 bridgehead atoms. The summed E-state index contributed by atoms with van der Waals surface area (Å²) in [5.41, 5.74) is 5.34. The lowest BCUT2D eigenvalue weighted by atomic mass is 10.0. The third-order valence-electron chi connectivity index (χ3n) is 1.52. The molecule has 0 aromatic heterocycles. The van der Waals surface area contributed by atoms with Crippen LogP contribution < -0.4 is 11.1 Å². The second-order valence-electron chi connectivity index (χ2n) is 2.54. The van der Waals surface area contributed by atoms with Crippen molar-refractivity contribution < 1.29 is 4.79 Å². The van der Waals surface area contributed by atoms with Gasteiger partial charge < -0.3 is 11.1 Å². The third-order valence-corrected chi connectivity index (χ3v) is 1.52. The van der Waals surface area contributed by atoms with Crippen molar-refractivity contribution in [1.82, 2.24) is 5.32 Å². The van der Waals surface area contributed by atoms with E-state index in [1.165, 1.54) is 0 Å². The van der Waals surface area contributed by atoms with E-state index >= 15 is 0 Å². The largest absolute Gasteiger partial charge is 0.359 e. The van der Waals surface area contributed by atoms with Gasteiger partial charge >= 0.3 is 0 Å². The van der Waals surface area contributed by atoms with Crippen LogP contribution in [0.5, 0.6) is 0 Å². The fraction of sp³-hybridized carbons (Fsp3) is 0.857. The topological polar surface area (TPSA) is 55.1 Å². The minimum Gasteiger partial charge on any atom is -0.359 e. The first-order valence-corrected chi connectivity index (χ1v) is 3.68. The predicted molar refractivity (Wildman–Crippen MR) is 41.5 cm³/mol. The van der Waals surface area contributed by atoms with E-state index in [1.807, 2.05) is 0 Å². The molecule has 0 aliphatic carbocycles. The Hall–Kier alpha value is -0.570. The molecule has 60 valence electrons. The highest BCUT2D eigenvalue weighted by atomic mass is 16.1. The van der Waals surface area contributed by atoms with Gasteiger partial charge in [0.15, 0.2) is 0 Å². The van der Waals surface area contributed by atoms with E-state index in [4.69, 9.17) is 5.73 Å². The lowest BCUT2D eigenvalue weighted by molar-refractivity contribution is -0.109. The third kappa shape index (κ3) is 5.56. The number of amides is 1. The molecule has 3 nitrogen and oxygen atoms in total. The van der Waals surface area contributed by atoms with E-state index in [2.05, 4.69) is 12.2 Å². The Morgan fingerprint density at radius 1 is 1.60 bits per heavy atom. The Labute approximate surface area is 62.0 Å². The average Bonchev–Trinajstić information content (AvgIpc) is 1.89. The molecule has 0 rings (SSSR count). The number of hydrogen-bond acceptors (Lipinski definition) is 2. The molecule has 3 heteroatoms. The predicted octanol–water partition coefficient (Wildman–Crippen LogP) is 0.107. The summed E-state index contributed by atoms with van der Waals surface area (Å²) < 4.78 is 0. The second kappa shape index (κ2) is 6.55. The number of nitrogens with one attached hydrogen (secondary N) is 1. The molecule has 0 spiro atoms. The molecule has 3 N–H and O–H groups in total. The van der Waals surface area contributed by atoms with Gasteiger partial charge in [-0.05, 0) is 25.3 Å². The van der Waals surface area contributed by atoms with Crippen LogP contribution in [0, 0.1) is 5.92 Å². The van der Waals surface area contributed by atoms with Gasteiger partial charge in [0, 0.05) is 6.54 Å². The van der Waals surface area contributed by atoms with Gasteiger partial charge in [0.25, 0.3) is 0 Å². The molecule has 0 aromatic rings. The zero-order valence-electron chi connectivity index (χ0n) is 6.47. The zero-order valence-corrected chi connectivity index (χ0v) is 6.47. The molecule has 0 aliphatic rings. The van der Waals surface area contributed by atoms with Crippen LogP contribution in [0.4, 0.5) is 0 Å². The minimum atomic E-state index is 0.623. The highest BCUT2D eigenvalue weighted by Gasteiger charge is 1.98. The maximum Gasteiger partial charge on any atom is 0.207 e. The Bertz CT molecular complexity index is 85.7. The maximum atomic E-state index is 9.81. The first-order valence-electron chi connectivity index (χ1n) is 3.68. The van der Waals surface area contributed by atoms with Gasteiger partial charge in [-0.2, -0.15) is 0 Å². The van der Waals surface area contributed by atoms with Crippen LogP contribution in [-0.2, 0) is 4.79 Å². The quantitative estimate of drug-likeness (QED) is 0.410. The van der Waals surface area contributed by atoms with Crippen molar-refractivity contribution in [3.05, 3.63) is 0 Å². The Morgan fingerprint density at radius 2 is 2.30 bits per heavy atom. The van der Waals surface area contributed by atoms with Crippen molar-refractivity contribution in [2.45, 2.75) is 19.8 Å². The van der Waals surface area contributed by atoms with Gasteiger partial charge in [-0.1, -0.05) is 6.92 Å². The van der Waals surface area contributed by atoms with E-state index in [0.717, 1.165) is 32.3 Å². The van der Waals surface area contributed by atoms with Gasteiger partial charge in [-0.3, -0.25) is 4.79 Å². The summed E-state index contributed by atoms with van der Waals surface area (Å²) in [4.78, 5) is 9.81. The van der Waals surface area contributed by atoms with Crippen LogP contribution in [0.25, 0.3) is 0 Å². The Balaban J connectivity index is 3.04. The highest BCUT2D eigenvalue weighted by Crippen LogP contribution is 2.03. The number of carbonyl (C=O) groups excluding carboxylic acids is 1. The Kier molecular flexibility index (Phi) is 6.18. The summed E-state index contributed by atoms with van der Waals surface area (Å²) in [5.74, 6) is 0.623. The summed E-state index contributed by atoms with van der Waals surface area (Å²) in [6.45, 7) is 3.65. The molecule has 0 saturated heterocycles. The van der Waals surface area contributed by atoms with Gasteiger partial charge in [0.2, 0.25) is 6.41 Å². The highest BCUT2D eigenvalue weighted by molar-refractivity contribution is 5.45. The van der Waals surface area contributed by atoms with Gasteiger partial charge in [0.05, 0.1) is 0 Å². The van der Waals surface area contributed by atoms with Gasteiger partial charge in [0.1, 0.15) is 0 Å². The molecule has 0 radical (unpaired) electrons. The van der Waals surface area contributed by atoms with Crippen molar-refractivity contribution in [3.63, 3.8) is 0 Å². The summed E-state index contributed by atoms with van der Waals surface area (Å²) in [7, 11) is 0. The molecule has 0 fully saturated rings. The lowest BCUT2D eigenvalue weighted by Gasteiger charge is -2.07. The maximum absolute atomic E-state index is 9.81. The number of carbonyl (C=O) groups is 1. The summed E-state index contributed by atoms with van der Waals surface area (Å²) in [6.07, 6.45) is 2.80. The van der Waals surface area contributed by atoms with Crippen molar-refractivity contribution in [2.24, 2.45) is 11.7 Å². The van der Waals surface area contributed by atoms with Gasteiger partial charge in [-0.25, -0.2) is 0 Å². The van der Waals surface area contributed by atoms with E-state index < -0.39 is 0 Å². The first kappa shape index (κ1) is 9.43. The van der Waals surface area contributed by atoms with E-state index in [-0.39, 0.29) is 0 Å². The SMILES string of the molecule is CC(CCN)CCNC=O. The number of nitrogens with two attached hydrogens (primary N) is 1. The molecular weight excluding hydrogens is 128 g/mol. The van der Waals surface area contributed by atoms with Crippen molar-refractivity contribution >= 4 is 6.41 Å². The van der Waals surface area contributed by atoms with Crippen LogP contribution in [0.1, 0.15) is 19.8 Å². The number of hydrogen-bond donors (Lipinski definition) is 2. The minimum absolute atomic E-state index is 0.623. The van der Waals surface area contributed by atoms with Crippen LogP contribution in [0.3, 0.4) is 0 Å². The Morgan fingerprint density at radius 3 is 2.80 bits per heavy atom. The molecule has 10 heavy (non-hydrogen) atoms. The fourth-order valence-electron chi connectivity index (χ4n) is 0.818. The first-order chi connectivity index (χ1) is 4.81. The van der Waals surface area contributed by atoms with Crippen LogP contribution >= 0.6 is 0 Å². The normalized spacial score (nSPS) is 12.6. The molecular formula is C7H16N2O. The van der Waals surface area contributed by atoms with E-state index in [9.17, 15) is 4.79 Å². The zero-order chi connectivity index (χ0) is 7.82.